The lowest BCUT2D eigenvalue weighted by atomic mass is 9.84. The van der Waals surface area contributed by atoms with Crippen LogP contribution >= 0.6 is 0 Å². The van der Waals surface area contributed by atoms with Gasteiger partial charge < -0.3 is 19.9 Å². The lowest BCUT2D eigenvalue weighted by Gasteiger charge is -2.30. The van der Waals surface area contributed by atoms with Gasteiger partial charge in [-0.15, -0.1) is 0 Å². The molecule has 4 rings (SSSR count). The number of carbonyl (C=O) groups is 3. The number of anilines is 1. The molecule has 9 heteroatoms. The summed E-state index contributed by atoms with van der Waals surface area (Å²) in [5.74, 6) is -0.953. The van der Waals surface area contributed by atoms with Gasteiger partial charge in [-0.25, -0.2) is 5.01 Å². The molecule has 0 aromatic heterocycles. The van der Waals surface area contributed by atoms with Crippen molar-refractivity contribution >= 4 is 29.2 Å². The molecule has 0 aliphatic carbocycles. The molecule has 160 valence electrons. The maximum absolute atomic E-state index is 13.2. The number of carbonyl (C=O) groups excluding carboxylic acids is 2. The molecule has 0 fully saturated rings. The molecule has 0 unspecified atom stereocenters. The van der Waals surface area contributed by atoms with E-state index in [1.807, 2.05) is 0 Å². The number of methoxy groups -OCH3 is 2. The highest BCUT2D eigenvalue weighted by Crippen LogP contribution is 2.48. The smallest absolute Gasteiger partial charge is 0.303 e. The largest absolute Gasteiger partial charge is 0.497 e. The summed E-state index contributed by atoms with van der Waals surface area (Å²) in [5.41, 5.74) is 0.937. The molecule has 0 bridgehead atoms. The van der Waals surface area contributed by atoms with Crippen LogP contribution in [0, 0.1) is 0 Å². The second-order valence-electron chi connectivity index (χ2n) is 7.25. The van der Waals surface area contributed by atoms with Gasteiger partial charge in [0.05, 0.1) is 26.4 Å². The molecule has 2 aromatic rings. The number of nitrogens with zero attached hydrogens (tertiary/aromatic N) is 2. The van der Waals surface area contributed by atoms with Crippen LogP contribution in [0.4, 0.5) is 5.69 Å². The van der Waals surface area contributed by atoms with Crippen LogP contribution in [0.3, 0.4) is 0 Å². The van der Waals surface area contributed by atoms with E-state index in [-0.39, 0.29) is 25.2 Å². The van der Waals surface area contributed by atoms with Crippen molar-refractivity contribution in [2.24, 2.45) is 5.10 Å². The number of fused-ring (bicyclic) bond motifs is 2. The van der Waals surface area contributed by atoms with Gasteiger partial charge in [0.2, 0.25) is 5.91 Å². The van der Waals surface area contributed by atoms with Crippen molar-refractivity contribution in [2.45, 2.75) is 24.8 Å². The standard InChI is InChI=1S/C22H21N3O6/c1-30-13-7-8-14(18(11-13)31-2)17-12-22(25(24-17)19(26)9-10-20(27)28)15-5-3-4-6-16(15)23-21(22)29/h3-8,11H,9-10,12H2,1-2H3,(H,23,29)(H,27,28)/t22-/m1/s1. The van der Waals surface area contributed by atoms with Gasteiger partial charge in [0.1, 0.15) is 11.5 Å². The first-order chi connectivity index (χ1) is 14.9. The lowest BCUT2D eigenvalue weighted by molar-refractivity contribution is -0.146. The van der Waals surface area contributed by atoms with Gasteiger partial charge in [0.15, 0.2) is 5.54 Å². The molecular weight excluding hydrogens is 402 g/mol. The molecule has 2 aliphatic rings. The number of nitrogens with one attached hydrogen (secondary N) is 1. The van der Waals surface area contributed by atoms with E-state index in [4.69, 9.17) is 14.6 Å². The van der Waals surface area contributed by atoms with Crippen LogP contribution < -0.4 is 14.8 Å². The van der Waals surface area contributed by atoms with Crippen molar-refractivity contribution in [3.8, 4) is 11.5 Å². The Morgan fingerprint density at radius 3 is 2.65 bits per heavy atom. The third-order valence-electron chi connectivity index (χ3n) is 5.51. The van der Waals surface area contributed by atoms with Gasteiger partial charge in [-0.1, -0.05) is 18.2 Å². The Hall–Kier alpha value is -3.88. The zero-order valence-electron chi connectivity index (χ0n) is 17.0. The monoisotopic (exact) mass is 423 g/mol. The summed E-state index contributed by atoms with van der Waals surface area (Å²) in [4.78, 5) is 37.2. The number of para-hydroxylation sites is 1. The number of amides is 2. The highest BCUT2D eigenvalue weighted by atomic mass is 16.5. The first-order valence-corrected chi connectivity index (χ1v) is 9.66. The van der Waals surface area contributed by atoms with Gasteiger partial charge in [-0.2, -0.15) is 5.10 Å². The number of hydrogen-bond acceptors (Lipinski definition) is 6. The molecule has 2 heterocycles. The summed E-state index contributed by atoms with van der Waals surface area (Å²) in [6.45, 7) is 0. The Morgan fingerprint density at radius 1 is 1.16 bits per heavy atom. The number of benzene rings is 2. The number of rotatable bonds is 6. The number of ether oxygens (including phenoxy) is 2. The Morgan fingerprint density at radius 2 is 1.94 bits per heavy atom. The topological polar surface area (TPSA) is 118 Å². The van der Waals surface area contributed by atoms with Crippen molar-refractivity contribution in [2.75, 3.05) is 19.5 Å². The fraction of sp³-hybridized carbons (Fsp3) is 0.273. The molecule has 0 saturated heterocycles. The van der Waals surface area contributed by atoms with Gasteiger partial charge >= 0.3 is 5.97 Å². The van der Waals surface area contributed by atoms with Crippen LogP contribution in [0.1, 0.15) is 30.4 Å². The van der Waals surface area contributed by atoms with Crippen LogP contribution in [0.15, 0.2) is 47.6 Å². The fourth-order valence-electron chi connectivity index (χ4n) is 4.02. The van der Waals surface area contributed by atoms with E-state index in [1.54, 1.807) is 49.6 Å². The molecular formula is C22H21N3O6. The summed E-state index contributed by atoms with van der Waals surface area (Å²) < 4.78 is 10.7. The third-order valence-corrected chi connectivity index (χ3v) is 5.51. The number of carboxylic acids is 1. The van der Waals surface area contributed by atoms with Crippen LogP contribution in [-0.2, 0) is 19.9 Å². The summed E-state index contributed by atoms with van der Waals surface area (Å²) >= 11 is 0. The SMILES string of the molecule is COc1ccc(C2=NN(C(=O)CCC(=O)O)[C@@]3(C2)C(=O)Nc2ccccc23)c(OC)c1. The molecule has 1 spiro atoms. The van der Waals surface area contributed by atoms with Gasteiger partial charge in [-0.3, -0.25) is 14.4 Å². The molecule has 0 saturated carbocycles. The Labute approximate surface area is 178 Å². The Balaban J connectivity index is 1.82. The molecule has 31 heavy (non-hydrogen) atoms. The van der Waals surface area contributed by atoms with Gasteiger partial charge in [0, 0.05) is 35.7 Å². The summed E-state index contributed by atoms with van der Waals surface area (Å²) in [6, 6.07) is 12.3. The van der Waals surface area contributed by atoms with E-state index in [0.717, 1.165) is 5.01 Å². The zero-order chi connectivity index (χ0) is 22.2. The Kier molecular flexibility index (Phi) is 5.10. The molecule has 1 atom stereocenters. The third kappa shape index (κ3) is 3.27. The van der Waals surface area contributed by atoms with E-state index in [1.165, 1.54) is 7.11 Å². The number of hydrazone groups is 1. The van der Waals surface area contributed by atoms with E-state index >= 15 is 0 Å². The first kappa shape index (κ1) is 20.4. The molecule has 2 aromatic carbocycles. The van der Waals surface area contributed by atoms with E-state index in [2.05, 4.69) is 10.4 Å². The number of carboxylic acid groups (broad SMARTS) is 1. The van der Waals surface area contributed by atoms with E-state index < -0.39 is 17.4 Å². The molecule has 2 amide bonds. The second kappa shape index (κ2) is 7.75. The first-order valence-electron chi connectivity index (χ1n) is 9.66. The minimum Gasteiger partial charge on any atom is -0.497 e. The number of hydrogen-bond donors (Lipinski definition) is 2. The van der Waals surface area contributed by atoms with Gasteiger partial charge in [-0.05, 0) is 18.2 Å². The maximum Gasteiger partial charge on any atom is 0.303 e. The summed E-state index contributed by atoms with van der Waals surface area (Å²) in [5, 5.41) is 17.5. The molecule has 2 aliphatic heterocycles. The average molecular weight is 423 g/mol. The second-order valence-corrected chi connectivity index (χ2v) is 7.25. The predicted octanol–water partition coefficient (Wildman–Crippen LogP) is 2.35. The van der Waals surface area contributed by atoms with Crippen molar-refractivity contribution in [1.82, 2.24) is 5.01 Å². The summed E-state index contributed by atoms with van der Waals surface area (Å²) in [7, 11) is 3.05. The molecule has 0 radical (unpaired) electrons. The highest BCUT2D eigenvalue weighted by molar-refractivity contribution is 6.15. The predicted molar refractivity (Wildman–Crippen MR) is 111 cm³/mol. The van der Waals surface area contributed by atoms with Crippen molar-refractivity contribution in [1.29, 1.82) is 0 Å². The van der Waals surface area contributed by atoms with Crippen molar-refractivity contribution in [3.63, 3.8) is 0 Å². The Bertz CT molecular complexity index is 1110. The maximum atomic E-state index is 13.2. The van der Waals surface area contributed by atoms with E-state index in [0.29, 0.717) is 34.0 Å². The molecule has 9 nitrogen and oxygen atoms in total. The zero-order valence-corrected chi connectivity index (χ0v) is 17.0. The van der Waals surface area contributed by atoms with Crippen LogP contribution in [0.25, 0.3) is 0 Å². The van der Waals surface area contributed by atoms with Crippen LogP contribution in [-0.4, -0.2) is 47.8 Å². The number of aliphatic carboxylic acids is 1. The fourth-order valence-corrected chi connectivity index (χ4v) is 4.02. The average Bonchev–Trinajstić information content (AvgIpc) is 3.31. The van der Waals surface area contributed by atoms with Crippen LogP contribution in [0.2, 0.25) is 0 Å². The highest BCUT2D eigenvalue weighted by Gasteiger charge is 2.57. The van der Waals surface area contributed by atoms with Crippen LogP contribution in [0.5, 0.6) is 11.5 Å². The van der Waals surface area contributed by atoms with E-state index in [9.17, 15) is 14.4 Å². The van der Waals surface area contributed by atoms with Crippen molar-refractivity contribution in [3.05, 3.63) is 53.6 Å². The lowest BCUT2D eigenvalue weighted by Crippen LogP contribution is -2.48. The summed E-state index contributed by atoms with van der Waals surface area (Å²) in [6.07, 6.45) is -0.508. The van der Waals surface area contributed by atoms with Gasteiger partial charge in [0.25, 0.3) is 5.91 Å². The minimum atomic E-state index is -1.38. The normalized spacial score (nSPS) is 19.1. The minimum absolute atomic E-state index is 0.122. The molecule has 2 N–H and O–H groups in total. The van der Waals surface area contributed by atoms with Crippen molar-refractivity contribution < 1.29 is 29.0 Å². The quantitative estimate of drug-likeness (QED) is 0.737.